The second-order valence-electron chi connectivity index (χ2n) is 5.30. The van der Waals surface area contributed by atoms with Crippen LogP contribution in [0.25, 0.3) is 0 Å². The quantitative estimate of drug-likeness (QED) is 0.165. The molecule has 8 heteroatoms. The highest BCUT2D eigenvalue weighted by Crippen LogP contribution is 2.05. The Morgan fingerprint density at radius 2 is 1.95 bits per heavy atom. The van der Waals surface area contributed by atoms with Crippen molar-refractivity contribution in [3.63, 3.8) is 0 Å². The summed E-state index contributed by atoms with van der Waals surface area (Å²) in [6.45, 7) is 4.38. The van der Waals surface area contributed by atoms with Crippen molar-refractivity contribution >= 4 is 17.8 Å². The van der Waals surface area contributed by atoms with Crippen molar-refractivity contribution in [3.8, 4) is 0 Å². The van der Waals surface area contributed by atoms with Crippen molar-refractivity contribution in [3.05, 3.63) is 0 Å². The van der Waals surface area contributed by atoms with Gasteiger partial charge in [-0.2, -0.15) is 0 Å². The first-order chi connectivity index (χ1) is 9.77. The van der Waals surface area contributed by atoms with Gasteiger partial charge in [-0.15, -0.1) is 0 Å². The first-order valence-electron chi connectivity index (χ1n) is 6.99. The van der Waals surface area contributed by atoms with Gasteiger partial charge in [0, 0.05) is 6.54 Å². The zero-order valence-electron chi connectivity index (χ0n) is 12.9. The van der Waals surface area contributed by atoms with Crippen molar-refractivity contribution in [2.45, 2.75) is 45.2 Å². The maximum absolute atomic E-state index is 11.9. The zero-order valence-corrected chi connectivity index (χ0v) is 12.9. The molecule has 0 spiro atoms. The Hall–Kier alpha value is -1.83. The summed E-state index contributed by atoms with van der Waals surface area (Å²) in [7, 11) is 1.27. The second-order valence-corrected chi connectivity index (χ2v) is 5.30. The molecule has 0 rings (SSSR count). The molecule has 122 valence electrons. The Bertz CT molecular complexity index is 360. The van der Waals surface area contributed by atoms with Gasteiger partial charge < -0.3 is 26.8 Å². The highest BCUT2D eigenvalue weighted by Gasteiger charge is 2.24. The average molecular weight is 301 g/mol. The molecule has 21 heavy (non-hydrogen) atoms. The molecule has 0 fully saturated rings. The number of carbonyl (C=O) groups is 2. The monoisotopic (exact) mass is 301 g/mol. The largest absolute Gasteiger partial charge is 0.467 e. The van der Waals surface area contributed by atoms with Crippen LogP contribution in [0.2, 0.25) is 0 Å². The van der Waals surface area contributed by atoms with Gasteiger partial charge in [-0.05, 0) is 25.2 Å². The van der Waals surface area contributed by atoms with Crippen LogP contribution < -0.4 is 22.1 Å². The molecule has 0 aliphatic carbocycles. The number of ether oxygens (including phenoxy) is 1. The van der Waals surface area contributed by atoms with Crippen LogP contribution in [-0.4, -0.2) is 43.6 Å². The van der Waals surface area contributed by atoms with Crippen molar-refractivity contribution in [1.82, 2.24) is 10.6 Å². The Morgan fingerprint density at radius 3 is 2.43 bits per heavy atom. The van der Waals surface area contributed by atoms with Crippen LogP contribution in [0, 0.1) is 11.3 Å². The smallest absolute Gasteiger partial charge is 0.328 e. The molecule has 8 nitrogen and oxygen atoms in total. The summed E-state index contributed by atoms with van der Waals surface area (Å²) < 4.78 is 4.67. The standard InChI is InChI=1S/C13H27N5O3/c1-8(2)7-9(14)11(19)18-10(12(20)21-3)5-4-6-17-13(15)16/h8-10H,4-7,14H2,1-3H3,(H,18,19)(H4,15,16,17)/t9-,10-/m0/s1. The number of hydrogen-bond donors (Lipinski definition) is 5. The molecule has 0 unspecified atom stereocenters. The van der Waals surface area contributed by atoms with E-state index in [1.807, 2.05) is 13.8 Å². The van der Waals surface area contributed by atoms with Crippen LogP contribution in [0.5, 0.6) is 0 Å². The third-order valence-corrected chi connectivity index (χ3v) is 2.85. The van der Waals surface area contributed by atoms with Gasteiger partial charge in [-0.25, -0.2) is 4.79 Å². The minimum absolute atomic E-state index is 0.132. The molecule has 0 aliphatic rings. The van der Waals surface area contributed by atoms with Crippen molar-refractivity contribution < 1.29 is 14.3 Å². The molecule has 0 bridgehead atoms. The molecule has 0 aliphatic heterocycles. The molecule has 0 radical (unpaired) electrons. The predicted molar refractivity (Wildman–Crippen MR) is 80.5 cm³/mol. The fraction of sp³-hybridized carbons (Fsp3) is 0.769. The Balaban J connectivity index is 4.38. The van der Waals surface area contributed by atoms with Gasteiger partial charge in [0.15, 0.2) is 5.96 Å². The summed E-state index contributed by atoms with van der Waals surface area (Å²) in [4.78, 5) is 23.6. The van der Waals surface area contributed by atoms with Gasteiger partial charge >= 0.3 is 5.97 Å². The van der Waals surface area contributed by atoms with Crippen LogP contribution in [0.4, 0.5) is 0 Å². The molecule has 0 saturated heterocycles. The van der Waals surface area contributed by atoms with Gasteiger partial charge in [0.05, 0.1) is 13.2 Å². The number of amides is 1. The summed E-state index contributed by atoms with van der Waals surface area (Å²) in [6, 6.07) is -1.39. The van der Waals surface area contributed by atoms with Crippen LogP contribution >= 0.6 is 0 Å². The topological polar surface area (TPSA) is 143 Å². The first-order valence-corrected chi connectivity index (χ1v) is 6.99. The molecule has 2 atom stereocenters. The van der Waals surface area contributed by atoms with E-state index in [4.69, 9.17) is 16.9 Å². The summed E-state index contributed by atoms with van der Waals surface area (Å²) in [5, 5.41) is 12.3. The number of carbonyl (C=O) groups excluding carboxylic acids is 2. The van der Waals surface area contributed by atoms with Gasteiger partial charge in [0.2, 0.25) is 5.91 Å². The zero-order chi connectivity index (χ0) is 16.4. The average Bonchev–Trinajstić information content (AvgIpc) is 2.39. The number of esters is 1. The molecular weight excluding hydrogens is 274 g/mol. The SMILES string of the molecule is COC(=O)[C@H](CCCNC(=N)N)NC(=O)[C@@H](N)CC(C)C. The third kappa shape index (κ3) is 8.85. The normalized spacial score (nSPS) is 13.4. The number of nitrogens with one attached hydrogen (secondary N) is 3. The number of rotatable bonds is 9. The van der Waals surface area contributed by atoms with E-state index in [0.29, 0.717) is 31.7 Å². The van der Waals surface area contributed by atoms with Crippen LogP contribution in [0.1, 0.15) is 33.1 Å². The number of guanidine groups is 1. The lowest BCUT2D eigenvalue weighted by Gasteiger charge is -2.20. The molecule has 0 heterocycles. The lowest BCUT2D eigenvalue weighted by molar-refractivity contribution is -0.145. The molecule has 0 aromatic heterocycles. The van der Waals surface area contributed by atoms with E-state index >= 15 is 0 Å². The maximum Gasteiger partial charge on any atom is 0.328 e. The van der Waals surface area contributed by atoms with Crippen molar-refractivity contribution in [2.75, 3.05) is 13.7 Å². The predicted octanol–water partition coefficient (Wildman–Crippen LogP) is -0.719. The van der Waals surface area contributed by atoms with Gasteiger partial charge in [0.1, 0.15) is 6.04 Å². The summed E-state index contributed by atoms with van der Waals surface area (Å²) in [6.07, 6.45) is 1.48. The highest BCUT2D eigenvalue weighted by molar-refractivity contribution is 5.87. The number of nitrogens with two attached hydrogens (primary N) is 2. The van der Waals surface area contributed by atoms with E-state index < -0.39 is 18.1 Å². The van der Waals surface area contributed by atoms with E-state index in [1.165, 1.54) is 7.11 Å². The first kappa shape index (κ1) is 19.2. The Morgan fingerprint density at radius 1 is 1.33 bits per heavy atom. The van der Waals surface area contributed by atoms with Gasteiger partial charge in [-0.3, -0.25) is 10.2 Å². The number of hydrogen-bond acceptors (Lipinski definition) is 5. The van der Waals surface area contributed by atoms with Gasteiger partial charge in [-0.1, -0.05) is 13.8 Å². The molecule has 0 aromatic carbocycles. The van der Waals surface area contributed by atoms with Crippen LogP contribution in [0.15, 0.2) is 0 Å². The third-order valence-electron chi connectivity index (χ3n) is 2.85. The minimum atomic E-state index is -0.741. The molecule has 7 N–H and O–H groups in total. The molecular formula is C13H27N5O3. The fourth-order valence-electron chi connectivity index (χ4n) is 1.81. The van der Waals surface area contributed by atoms with Crippen molar-refractivity contribution in [1.29, 1.82) is 5.41 Å². The van der Waals surface area contributed by atoms with E-state index in [1.54, 1.807) is 0 Å². The van der Waals surface area contributed by atoms with E-state index in [9.17, 15) is 9.59 Å². The molecule has 0 saturated carbocycles. The van der Waals surface area contributed by atoms with Gasteiger partial charge in [0.25, 0.3) is 0 Å². The summed E-state index contributed by atoms with van der Waals surface area (Å²) in [5.41, 5.74) is 10.9. The summed E-state index contributed by atoms with van der Waals surface area (Å²) in [5.74, 6) is -0.712. The Kier molecular flexibility index (Phi) is 9.11. The molecule has 1 amide bonds. The van der Waals surface area contributed by atoms with Crippen LogP contribution in [-0.2, 0) is 14.3 Å². The second kappa shape index (κ2) is 9.98. The minimum Gasteiger partial charge on any atom is -0.467 e. The van der Waals surface area contributed by atoms with E-state index in [0.717, 1.165) is 0 Å². The van der Waals surface area contributed by atoms with E-state index in [2.05, 4.69) is 15.4 Å². The fourth-order valence-corrected chi connectivity index (χ4v) is 1.81. The number of methoxy groups -OCH3 is 1. The maximum atomic E-state index is 11.9. The lowest BCUT2D eigenvalue weighted by Crippen LogP contribution is -2.49. The highest BCUT2D eigenvalue weighted by atomic mass is 16.5. The summed E-state index contributed by atoms with van der Waals surface area (Å²) >= 11 is 0. The van der Waals surface area contributed by atoms with E-state index in [-0.39, 0.29) is 11.9 Å². The van der Waals surface area contributed by atoms with Crippen molar-refractivity contribution in [2.24, 2.45) is 17.4 Å². The Labute approximate surface area is 125 Å². The molecule has 0 aromatic rings. The van der Waals surface area contributed by atoms with Crippen LogP contribution in [0.3, 0.4) is 0 Å². The lowest BCUT2D eigenvalue weighted by atomic mass is 10.0.